The van der Waals surface area contributed by atoms with Gasteiger partial charge in [0.25, 0.3) is 0 Å². The molecule has 1 amide bonds. The van der Waals surface area contributed by atoms with Crippen LogP contribution < -0.4 is 19.1 Å². The quantitative estimate of drug-likeness (QED) is 0.680. The predicted molar refractivity (Wildman–Crippen MR) is 120 cm³/mol. The number of aryl methyl sites for hydroxylation is 1. The molecule has 0 aromatic heterocycles. The van der Waals surface area contributed by atoms with Crippen molar-refractivity contribution >= 4 is 27.3 Å². The van der Waals surface area contributed by atoms with Gasteiger partial charge in [-0.25, -0.2) is 8.42 Å². The molecule has 164 valence electrons. The van der Waals surface area contributed by atoms with Crippen molar-refractivity contribution in [2.24, 2.45) is 0 Å². The van der Waals surface area contributed by atoms with Crippen molar-refractivity contribution in [3.05, 3.63) is 47.5 Å². The fourth-order valence-corrected chi connectivity index (χ4v) is 4.49. The zero-order valence-electron chi connectivity index (χ0n) is 18.5. The van der Waals surface area contributed by atoms with E-state index in [1.54, 1.807) is 19.1 Å². The molecule has 0 saturated carbocycles. The summed E-state index contributed by atoms with van der Waals surface area (Å²) in [5, 5.41) is 2.93. The summed E-state index contributed by atoms with van der Waals surface area (Å²) in [6.45, 7) is 7.53. The molecule has 0 spiro atoms. The number of benzene rings is 2. The third-order valence-electron chi connectivity index (χ3n) is 4.89. The van der Waals surface area contributed by atoms with Crippen LogP contribution in [-0.4, -0.2) is 40.8 Å². The zero-order chi connectivity index (χ0) is 22.6. The zero-order valence-corrected chi connectivity index (χ0v) is 19.3. The molecule has 0 unspecified atom stereocenters. The van der Waals surface area contributed by atoms with Crippen LogP contribution in [0.1, 0.15) is 37.8 Å². The smallest absolute Gasteiger partial charge is 0.248 e. The van der Waals surface area contributed by atoms with Gasteiger partial charge in [-0.15, -0.1) is 0 Å². The van der Waals surface area contributed by atoms with Gasteiger partial charge in [0.1, 0.15) is 17.5 Å². The van der Waals surface area contributed by atoms with Crippen LogP contribution in [0.15, 0.2) is 36.4 Å². The van der Waals surface area contributed by atoms with Gasteiger partial charge in [0, 0.05) is 11.8 Å². The van der Waals surface area contributed by atoms with Gasteiger partial charge >= 0.3 is 0 Å². The summed E-state index contributed by atoms with van der Waals surface area (Å²) >= 11 is 0. The minimum atomic E-state index is -3.81. The van der Waals surface area contributed by atoms with Crippen molar-refractivity contribution in [1.82, 2.24) is 0 Å². The van der Waals surface area contributed by atoms with E-state index in [0.717, 1.165) is 21.7 Å². The average Bonchev–Trinajstić information content (AvgIpc) is 2.68. The summed E-state index contributed by atoms with van der Waals surface area (Å²) in [4.78, 5) is 13.2. The first-order valence-corrected chi connectivity index (χ1v) is 11.5. The highest BCUT2D eigenvalue weighted by Gasteiger charge is 2.32. The molecule has 0 saturated heterocycles. The summed E-state index contributed by atoms with van der Waals surface area (Å²) in [5.74, 6) is 0.522. The Morgan fingerprint density at radius 2 is 1.73 bits per heavy atom. The molecule has 1 N–H and O–H groups in total. The first kappa shape index (κ1) is 23.5. The van der Waals surface area contributed by atoms with Crippen LogP contribution in [0.2, 0.25) is 0 Å². The fourth-order valence-electron chi connectivity index (χ4n) is 3.32. The molecule has 0 aliphatic rings. The molecular weight excluding hydrogens is 404 g/mol. The molecule has 0 aliphatic heterocycles. The third-order valence-corrected chi connectivity index (χ3v) is 6.11. The van der Waals surface area contributed by atoms with Gasteiger partial charge in [-0.2, -0.15) is 0 Å². The Kier molecular flexibility index (Phi) is 7.36. The van der Waals surface area contributed by atoms with Gasteiger partial charge in [0.2, 0.25) is 15.9 Å². The number of nitrogens with one attached hydrogen (secondary N) is 1. The van der Waals surface area contributed by atoms with E-state index in [0.29, 0.717) is 17.2 Å². The molecule has 0 heterocycles. The van der Waals surface area contributed by atoms with E-state index in [2.05, 4.69) is 5.32 Å². The summed E-state index contributed by atoms with van der Waals surface area (Å²) in [5.41, 5.74) is 2.83. The number of carbonyl (C=O) groups excluding carboxylic acids is 1. The minimum absolute atomic E-state index is 0.194. The van der Waals surface area contributed by atoms with Gasteiger partial charge in [-0.05, 0) is 43.0 Å². The molecular formula is C22H30N2O5S. The van der Waals surface area contributed by atoms with Gasteiger partial charge in [0.15, 0.2) is 0 Å². The highest BCUT2D eigenvalue weighted by atomic mass is 32.2. The van der Waals surface area contributed by atoms with Crippen LogP contribution >= 0.6 is 0 Å². The molecule has 2 aromatic carbocycles. The predicted octanol–water partition coefficient (Wildman–Crippen LogP) is 3.93. The maximum atomic E-state index is 13.2. The first-order valence-electron chi connectivity index (χ1n) is 9.63. The largest absolute Gasteiger partial charge is 0.497 e. The second-order valence-electron chi connectivity index (χ2n) is 7.46. The van der Waals surface area contributed by atoms with Gasteiger partial charge in [-0.1, -0.05) is 32.0 Å². The van der Waals surface area contributed by atoms with E-state index in [1.807, 2.05) is 39.0 Å². The summed E-state index contributed by atoms with van der Waals surface area (Å²) in [7, 11) is -0.884. The number of hydrogen-bond donors (Lipinski definition) is 1. The van der Waals surface area contributed by atoms with E-state index >= 15 is 0 Å². The topological polar surface area (TPSA) is 84.9 Å². The number of amides is 1. The summed E-state index contributed by atoms with van der Waals surface area (Å²) in [6.07, 6.45) is 1.06. The lowest BCUT2D eigenvalue weighted by Gasteiger charge is -2.30. The first-order chi connectivity index (χ1) is 14.0. The second kappa shape index (κ2) is 9.38. The van der Waals surface area contributed by atoms with Crippen LogP contribution in [0.5, 0.6) is 11.5 Å². The number of methoxy groups -OCH3 is 2. The number of anilines is 2. The molecule has 7 nitrogen and oxygen atoms in total. The fraction of sp³-hybridized carbons (Fsp3) is 0.409. The number of sulfonamides is 1. The maximum Gasteiger partial charge on any atom is 0.248 e. The van der Waals surface area contributed by atoms with Gasteiger partial charge < -0.3 is 14.8 Å². The molecule has 8 heteroatoms. The maximum absolute atomic E-state index is 13.2. The second-order valence-corrected chi connectivity index (χ2v) is 9.32. The van der Waals surface area contributed by atoms with Crippen molar-refractivity contribution < 1.29 is 22.7 Å². The Labute approximate surface area is 179 Å². The van der Waals surface area contributed by atoms with E-state index in [1.165, 1.54) is 20.3 Å². The Balaban J connectivity index is 2.50. The highest BCUT2D eigenvalue weighted by molar-refractivity contribution is 7.92. The summed E-state index contributed by atoms with van der Waals surface area (Å²) in [6, 6.07) is 9.58. The standard InChI is InChI=1S/C22H30N2O5S/c1-14(2)18-10-8-9-15(3)21(18)23-22(25)16(4)24(30(7,26)27)19-13-17(28-5)11-12-20(19)29-6/h8-14,16H,1-7H3,(H,23,25)/t16-/m1/s1. The van der Waals surface area contributed by atoms with E-state index < -0.39 is 22.0 Å². The molecule has 0 aliphatic carbocycles. The lowest BCUT2D eigenvalue weighted by molar-refractivity contribution is -0.116. The molecule has 0 radical (unpaired) electrons. The Morgan fingerprint density at radius 3 is 2.27 bits per heavy atom. The SMILES string of the molecule is COc1ccc(OC)c(N([C@H](C)C(=O)Nc2c(C)cccc2C(C)C)S(C)(=O)=O)c1. The van der Waals surface area contributed by atoms with Crippen molar-refractivity contribution in [1.29, 1.82) is 0 Å². The number of rotatable bonds is 8. The Bertz CT molecular complexity index is 1020. The van der Waals surface area contributed by atoms with E-state index in [4.69, 9.17) is 9.47 Å². The lowest BCUT2D eigenvalue weighted by atomic mass is 9.98. The highest BCUT2D eigenvalue weighted by Crippen LogP contribution is 2.35. The number of nitrogens with zero attached hydrogens (tertiary/aromatic N) is 1. The monoisotopic (exact) mass is 434 g/mol. The van der Waals surface area contributed by atoms with Crippen LogP contribution in [0.25, 0.3) is 0 Å². The number of ether oxygens (including phenoxy) is 2. The minimum Gasteiger partial charge on any atom is -0.497 e. The van der Waals surface area contributed by atoms with Crippen molar-refractivity contribution in [3.8, 4) is 11.5 Å². The van der Waals surface area contributed by atoms with E-state index in [-0.39, 0.29) is 11.6 Å². The van der Waals surface area contributed by atoms with Crippen molar-refractivity contribution in [2.45, 2.75) is 39.7 Å². The molecule has 0 bridgehead atoms. The number of hydrogen-bond acceptors (Lipinski definition) is 5. The molecule has 2 rings (SSSR count). The number of carbonyl (C=O) groups is 1. The normalized spacial score (nSPS) is 12.4. The van der Waals surface area contributed by atoms with E-state index in [9.17, 15) is 13.2 Å². The van der Waals surface area contributed by atoms with Crippen molar-refractivity contribution in [3.63, 3.8) is 0 Å². The molecule has 0 fully saturated rings. The van der Waals surface area contributed by atoms with Crippen LogP contribution in [-0.2, 0) is 14.8 Å². The van der Waals surface area contributed by atoms with Crippen LogP contribution in [0, 0.1) is 6.92 Å². The summed E-state index contributed by atoms with van der Waals surface area (Å²) < 4.78 is 37.0. The lowest BCUT2D eigenvalue weighted by Crippen LogP contribution is -2.45. The molecule has 30 heavy (non-hydrogen) atoms. The Hall–Kier alpha value is -2.74. The Morgan fingerprint density at radius 1 is 1.07 bits per heavy atom. The average molecular weight is 435 g/mol. The van der Waals surface area contributed by atoms with Gasteiger partial charge in [-0.3, -0.25) is 9.10 Å². The van der Waals surface area contributed by atoms with Gasteiger partial charge in [0.05, 0.1) is 26.2 Å². The number of para-hydroxylation sites is 1. The molecule has 1 atom stereocenters. The van der Waals surface area contributed by atoms with Crippen LogP contribution in [0.3, 0.4) is 0 Å². The molecule has 2 aromatic rings. The van der Waals surface area contributed by atoms with Crippen LogP contribution in [0.4, 0.5) is 11.4 Å². The van der Waals surface area contributed by atoms with Crippen molar-refractivity contribution in [2.75, 3.05) is 30.1 Å². The third kappa shape index (κ3) is 5.05.